The quantitative estimate of drug-likeness (QED) is 0.783. The Kier molecular flexibility index (Phi) is 2.60. The fourth-order valence-corrected chi connectivity index (χ4v) is 2.55. The maximum Gasteiger partial charge on any atom is 0.139 e. The molecule has 2 rings (SSSR count). The van der Waals surface area contributed by atoms with Crippen molar-refractivity contribution in [1.29, 1.82) is 0 Å². The molecule has 0 bridgehead atoms. The van der Waals surface area contributed by atoms with Crippen LogP contribution in [0.25, 0.3) is 0 Å². The lowest BCUT2D eigenvalue weighted by atomic mass is 10.00. The highest BCUT2D eigenvalue weighted by atomic mass is 32.1. The Bertz CT molecular complexity index is 347. The third-order valence-electron chi connectivity index (χ3n) is 3.14. The number of piperazine rings is 1. The van der Waals surface area contributed by atoms with E-state index < -0.39 is 0 Å². The zero-order chi connectivity index (χ0) is 11.1. The van der Waals surface area contributed by atoms with E-state index in [2.05, 4.69) is 35.1 Å². The molecule has 15 heavy (non-hydrogen) atoms. The van der Waals surface area contributed by atoms with Crippen LogP contribution in [0.1, 0.15) is 13.8 Å². The molecule has 1 saturated heterocycles. The van der Waals surface area contributed by atoms with Crippen LogP contribution in [-0.4, -0.2) is 41.5 Å². The average molecular weight is 226 g/mol. The summed E-state index contributed by atoms with van der Waals surface area (Å²) in [5, 5.41) is 1.19. The van der Waals surface area contributed by atoms with Crippen LogP contribution in [0, 0.1) is 0 Å². The summed E-state index contributed by atoms with van der Waals surface area (Å²) in [6.07, 6.45) is 0. The monoisotopic (exact) mass is 226 g/mol. The molecule has 5 heteroatoms. The van der Waals surface area contributed by atoms with E-state index in [0.29, 0.717) is 5.82 Å². The highest BCUT2D eigenvalue weighted by molar-refractivity contribution is 7.10. The maximum atomic E-state index is 5.64. The van der Waals surface area contributed by atoms with Gasteiger partial charge >= 0.3 is 0 Å². The molecule has 2 N–H and O–H groups in total. The molecule has 1 fully saturated rings. The Morgan fingerprint density at radius 2 is 2.20 bits per heavy atom. The largest absolute Gasteiger partial charge is 0.383 e. The molecule has 0 saturated carbocycles. The van der Waals surface area contributed by atoms with Crippen LogP contribution in [0.2, 0.25) is 0 Å². The first kappa shape index (κ1) is 10.7. The Hall–Kier alpha value is -0.810. The minimum Gasteiger partial charge on any atom is -0.383 e. The zero-order valence-electron chi connectivity index (χ0n) is 9.53. The van der Waals surface area contributed by atoms with Gasteiger partial charge in [-0.15, -0.1) is 0 Å². The molecule has 0 aromatic carbocycles. The van der Waals surface area contributed by atoms with Crippen molar-refractivity contribution in [3.63, 3.8) is 0 Å². The second-order valence-corrected chi connectivity index (χ2v) is 5.53. The number of nitrogens with two attached hydrogens (primary N) is 1. The summed E-state index contributed by atoms with van der Waals surface area (Å²) in [6.45, 7) is 7.71. The fourth-order valence-electron chi connectivity index (χ4n) is 1.86. The van der Waals surface area contributed by atoms with Gasteiger partial charge in [0.1, 0.15) is 10.8 Å². The molecular weight excluding hydrogens is 208 g/mol. The number of nitrogen functional groups attached to an aromatic ring is 1. The van der Waals surface area contributed by atoms with E-state index in [9.17, 15) is 0 Å². The van der Waals surface area contributed by atoms with Crippen molar-refractivity contribution in [1.82, 2.24) is 9.27 Å². The Labute approximate surface area is 94.8 Å². The molecule has 0 unspecified atom stereocenters. The molecule has 4 nitrogen and oxygen atoms in total. The van der Waals surface area contributed by atoms with E-state index in [-0.39, 0.29) is 5.54 Å². The normalized spacial score (nSPS) is 21.9. The Morgan fingerprint density at radius 1 is 1.47 bits per heavy atom. The zero-order valence-corrected chi connectivity index (χ0v) is 10.3. The van der Waals surface area contributed by atoms with Crippen LogP contribution in [0.4, 0.5) is 10.8 Å². The smallest absolute Gasteiger partial charge is 0.139 e. The molecule has 84 valence electrons. The summed E-state index contributed by atoms with van der Waals surface area (Å²) in [7, 11) is 2.18. The number of likely N-dealkylation sites (N-methyl/N-ethyl adjacent to an activating group) is 1. The van der Waals surface area contributed by atoms with E-state index in [1.54, 1.807) is 0 Å². The Morgan fingerprint density at radius 3 is 2.73 bits per heavy atom. The van der Waals surface area contributed by atoms with Gasteiger partial charge in [-0.3, -0.25) is 4.90 Å². The molecule has 0 atom stereocenters. The molecule has 0 amide bonds. The molecule has 0 radical (unpaired) electrons. The lowest BCUT2D eigenvalue weighted by Gasteiger charge is -2.45. The fraction of sp³-hybridized carbons (Fsp3) is 0.700. The van der Waals surface area contributed by atoms with Crippen molar-refractivity contribution in [3.05, 3.63) is 6.07 Å². The summed E-state index contributed by atoms with van der Waals surface area (Å²) in [4.78, 5) is 4.77. The molecular formula is C10H18N4S. The van der Waals surface area contributed by atoms with Crippen molar-refractivity contribution in [2.24, 2.45) is 0 Å². The maximum absolute atomic E-state index is 5.64. The molecule has 0 aliphatic carbocycles. The van der Waals surface area contributed by atoms with Gasteiger partial charge in [-0.25, -0.2) is 0 Å². The highest BCUT2D eigenvalue weighted by Gasteiger charge is 2.31. The predicted molar refractivity (Wildman–Crippen MR) is 65.4 cm³/mol. The van der Waals surface area contributed by atoms with E-state index in [0.717, 1.165) is 19.6 Å². The molecule has 1 aliphatic rings. The molecule has 0 spiro atoms. The second kappa shape index (κ2) is 3.64. The minimum absolute atomic E-state index is 0.219. The van der Waals surface area contributed by atoms with Crippen molar-refractivity contribution in [2.45, 2.75) is 19.4 Å². The van der Waals surface area contributed by atoms with Crippen LogP contribution >= 0.6 is 11.5 Å². The summed E-state index contributed by atoms with van der Waals surface area (Å²) in [5.41, 5.74) is 5.86. The van der Waals surface area contributed by atoms with Gasteiger partial charge in [0.25, 0.3) is 0 Å². The first-order valence-corrected chi connectivity index (χ1v) is 5.95. The first-order valence-electron chi connectivity index (χ1n) is 5.17. The van der Waals surface area contributed by atoms with Gasteiger partial charge in [0.2, 0.25) is 0 Å². The van der Waals surface area contributed by atoms with E-state index in [4.69, 9.17) is 5.73 Å². The van der Waals surface area contributed by atoms with Crippen LogP contribution in [0.3, 0.4) is 0 Å². The third kappa shape index (κ3) is 2.08. The molecule has 1 aromatic heterocycles. The number of hydrogen-bond donors (Lipinski definition) is 1. The summed E-state index contributed by atoms with van der Waals surface area (Å²) in [5.74, 6) is 0.631. The van der Waals surface area contributed by atoms with Crippen LogP contribution in [0.15, 0.2) is 6.07 Å². The molecule has 1 aromatic rings. The number of aromatic nitrogens is 1. The number of anilines is 2. The van der Waals surface area contributed by atoms with Crippen molar-refractivity contribution >= 4 is 22.4 Å². The van der Waals surface area contributed by atoms with E-state index in [1.807, 2.05) is 6.07 Å². The van der Waals surface area contributed by atoms with Crippen molar-refractivity contribution < 1.29 is 0 Å². The lowest BCUT2D eigenvalue weighted by Crippen LogP contribution is -2.57. The van der Waals surface area contributed by atoms with Gasteiger partial charge in [-0.2, -0.15) is 4.37 Å². The topological polar surface area (TPSA) is 45.4 Å². The number of hydrogen-bond acceptors (Lipinski definition) is 5. The summed E-state index contributed by atoms with van der Waals surface area (Å²) in [6, 6.07) is 1.96. The van der Waals surface area contributed by atoms with Crippen molar-refractivity contribution in [2.75, 3.05) is 37.3 Å². The van der Waals surface area contributed by atoms with E-state index in [1.165, 1.54) is 16.5 Å². The predicted octanol–water partition coefficient (Wildman–Crippen LogP) is 1.26. The second-order valence-electron chi connectivity index (χ2n) is 4.75. The summed E-state index contributed by atoms with van der Waals surface area (Å²) < 4.78 is 4.12. The van der Waals surface area contributed by atoms with Crippen LogP contribution < -0.4 is 10.6 Å². The Balaban J connectivity index is 2.13. The van der Waals surface area contributed by atoms with Gasteiger partial charge in [-0.1, -0.05) is 0 Å². The SMILES string of the molecule is CN1CCN(c2cc(N)ns2)CC1(C)C. The number of nitrogens with zero attached hydrogens (tertiary/aromatic N) is 3. The van der Waals surface area contributed by atoms with Gasteiger partial charge in [0, 0.05) is 31.2 Å². The minimum atomic E-state index is 0.219. The highest BCUT2D eigenvalue weighted by Crippen LogP contribution is 2.28. The van der Waals surface area contributed by atoms with Gasteiger partial charge < -0.3 is 10.6 Å². The summed E-state index contributed by atoms with van der Waals surface area (Å²) >= 11 is 1.49. The van der Waals surface area contributed by atoms with Crippen LogP contribution in [-0.2, 0) is 0 Å². The van der Waals surface area contributed by atoms with E-state index >= 15 is 0 Å². The molecule has 1 aliphatic heterocycles. The first-order chi connectivity index (χ1) is 6.99. The lowest BCUT2D eigenvalue weighted by molar-refractivity contribution is 0.139. The van der Waals surface area contributed by atoms with Gasteiger partial charge in [-0.05, 0) is 32.4 Å². The third-order valence-corrected chi connectivity index (χ3v) is 4.01. The van der Waals surface area contributed by atoms with Crippen LogP contribution in [0.5, 0.6) is 0 Å². The average Bonchev–Trinajstić information content (AvgIpc) is 2.57. The number of rotatable bonds is 1. The molecule has 2 heterocycles. The van der Waals surface area contributed by atoms with Gasteiger partial charge in [0.05, 0.1) is 0 Å². The standard InChI is InChI=1S/C10H18N4S/c1-10(2)7-14(5-4-13(10)3)9-6-8(11)12-15-9/h6H,4-5,7H2,1-3H3,(H2,11,12). The van der Waals surface area contributed by atoms with Gasteiger partial charge in [0.15, 0.2) is 0 Å². The van der Waals surface area contributed by atoms with Crippen molar-refractivity contribution in [3.8, 4) is 0 Å².